The third-order valence-electron chi connectivity index (χ3n) is 13.4. The standard InChI is InChI=1S/C62H114O6/c1-4-7-10-13-16-19-22-25-27-29-31-33-35-37-40-43-46-49-52-55-61(64)67-58-59(57-66-60(63)54-51-48-45-42-39-24-21-18-15-12-9-6-3)68-62(65)56-53-50-47-44-41-38-36-34-32-30-28-26-23-20-17-14-11-8-5-2/h16,18-19,21,25,27,59H,4-15,17,20,22-24,26,28-58H2,1-3H3/b19-16-,21-18-,27-25-/t59-/m1/s1. The van der Waals surface area contributed by atoms with Crippen molar-refractivity contribution in [2.45, 2.75) is 329 Å². The van der Waals surface area contributed by atoms with Gasteiger partial charge in [0.25, 0.3) is 0 Å². The fourth-order valence-electron chi connectivity index (χ4n) is 8.82. The summed E-state index contributed by atoms with van der Waals surface area (Å²) >= 11 is 0. The van der Waals surface area contributed by atoms with Gasteiger partial charge in [0, 0.05) is 19.3 Å². The van der Waals surface area contributed by atoms with E-state index in [1.165, 1.54) is 212 Å². The van der Waals surface area contributed by atoms with Gasteiger partial charge in [0.1, 0.15) is 13.2 Å². The van der Waals surface area contributed by atoms with Crippen LogP contribution in [0.1, 0.15) is 323 Å². The molecule has 68 heavy (non-hydrogen) atoms. The van der Waals surface area contributed by atoms with Gasteiger partial charge < -0.3 is 14.2 Å². The molecule has 0 rings (SSSR count). The summed E-state index contributed by atoms with van der Waals surface area (Å²) in [7, 11) is 0. The number of unbranched alkanes of at least 4 members (excludes halogenated alkanes) is 38. The van der Waals surface area contributed by atoms with E-state index >= 15 is 0 Å². The summed E-state index contributed by atoms with van der Waals surface area (Å²) in [5, 5.41) is 0. The van der Waals surface area contributed by atoms with Crippen LogP contribution in [-0.4, -0.2) is 37.2 Å². The van der Waals surface area contributed by atoms with Gasteiger partial charge in [-0.2, -0.15) is 0 Å². The second-order valence-electron chi connectivity index (χ2n) is 20.3. The molecule has 0 saturated carbocycles. The van der Waals surface area contributed by atoms with Crippen LogP contribution in [0.15, 0.2) is 36.5 Å². The Balaban J connectivity index is 4.30. The Morgan fingerprint density at radius 3 is 0.853 bits per heavy atom. The van der Waals surface area contributed by atoms with Gasteiger partial charge in [0.05, 0.1) is 0 Å². The summed E-state index contributed by atoms with van der Waals surface area (Å²) < 4.78 is 16.9. The van der Waals surface area contributed by atoms with Crippen molar-refractivity contribution in [2.75, 3.05) is 13.2 Å². The Labute approximate surface area is 423 Å². The van der Waals surface area contributed by atoms with E-state index in [0.29, 0.717) is 19.3 Å². The van der Waals surface area contributed by atoms with Crippen LogP contribution in [0.4, 0.5) is 0 Å². The van der Waals surface area contributed by atoms with Crippen LogP contribution in [-0.2, 0) is 28.6 Å². The van der Waals surface area contributed by atoms with E-state index in [2.05, 4.69) is 57.2 Å². The Bertz CT molecular complexity index is 1140. The summed E-state index contributed by atoms with van der Waals surface area (Å²) in [5.41, 5.74) is 0. The normalized spacial score (nSPS) is 12.2. The molecule has 0 unspecified atom stereocenters. The van der Waals surface area contributed by atoms with E-state index in [0.717, 1.165) is 70.6 Å². The molecule has 0 radical (unpaired) electrons. The number of rotatable bonds is 55. The van der Waals surface area contributed by atoms with Crippen molar-refractivity contribution in [1.29, 1.82) is 0 Å². The van der Waals surface area contributed by atoms with Crippen LogP contribution < -0.4 is 0 Å². The number of hydrogen-bond acceptors (Lipinski definition) is 6. The van der Waals surface area contributed by atoms with Gasteiger partial charge in [-0.05, 0) is 77.0 Å². The van der Waals surface area contributed by atoms with Crippen molar-refractivity contribution in [1.82, 2.24) is 0 Å². The topological polar surface area (TPSA) is 78.9 Å². The van der Waals surface area contributed by atoms with Crippen molar-refractivity contribution in [3.63, 3.8) is 0 Å². The average Bonchev–Trinajstić information content (AvgIpc) is 3.34. The minimum atomic E-state index is -0.774. The first-order chi connectivity index (χ1) is 33.5. The first-order valence-electron chi connectivity index (χ1n) is 30.0. The summed E-state index contributed by atoms with van der Waals surface area (Å²) in [6.45, 7) is 6.63. The van der Waals surface area contributed by atoms with E-state index in [1.807, 2.05) is 0 Å². The van der Waals surface area contributed by atoms with Crippen molar-refractivity contribution >= 4 is 17.9 Å². The molecule has 0 amide bonds. The van der Waals surface area contributed by atoms with Gasteiger partial charge in [-0.15, -0.1) is 0 Å². The maximum Gasteiger partial charge on any atom is 0.306 e. The molecule has 1 atom stereocenters. The number of esters is 3. The molecular weight excluding hydrogens is 841 g/mol. The van der Waals surface area contributed by atoms with Gasteiger partial charge in [0.2, 0.25) is 0 Å². The van der Waals surface area contributed by atoms with E-state index in [4.69, 9.17) is 14.2 Å². The van der Waals surface area contributed by atoms with Gasteiger partial charge in [-0.3, -0.25) is 14.4 Å². The molecule has 398 valence electrons. The monoisotopic (exact) mass is 955 g/mol. The Hall–Kier alpha value is -2.37. The van der Waals surface area contributed by atoms with Crippen molar-refractivity contribution in [3.8, 4) is 0 Å². The zero-order chi connectivity index (χ0) is 49.3. The first kappa shape index (κ1) is 65.6. The third-order valence-corrected chi connectivity index (χ3v) is 13.4. The van der Waals surface area contributed by atoms with E-state index in [9.17, 15) is 14.4 Å². The lowest BCUT2D eigenvalue weighted by Gasteiger charge is -2.18. The summed E-state index contributed by atoms with van der Waals surface area (Å²) in [4.78, 5) is 38.2. The molecule has 0 N–H and O–H groups in total. The van der Waals surface area contributed by atoms with Gasteiger partial charge in [-0.1, -0.05) is 263 Å². The van der Waals surface area contributed by atoms with Crippen LogP contribution >= 0.6 is 0 Å². The molecule has 0 aromatic rings. The van der Waals surface area contributed by atoms with Gasteiger partial charge in [0.15, 0.2) is 6.10 Å². The fourth-order valence-corrected chi connectivity index (χ4v) is 8.82. The highest BCUT2D eigenvalue weighted by atomic mass is 16.6. The van der Waals surface area contributed by atoms with Gasteiger partial charge >= 0.3 is 17.9 Å². The minimum absolute atomic E-state index is 0.0734. The van der Waals surface area contributed by atoms with Gasteiger partial charge in [-0.25, -0.2) is 0 Å². The molecule has 0 aliphatic rings. The zero-order valence-electron chi connectivity index (χ0n) is 45.6. The number of allylic oxidation sites excluding steroid dienone is 6. The largest absolute Gasteiger partial charge is 0.462 e. The van der Waals surface area contributed by atoms with Crippen molar-refractivity contribution in [3.05, 3.63) is 36.5 Å². The molecule has 0 heterocycles. The van der Waals surface area contributed by atoms with Crippen LogP contribution in [0.5, 0.6) is 0 Å². The summed E-state index contributed by atoms with van der Waals surface area (Å²) in [6, 6.07) is 0. The highest BCUT2D eigenvalue weighted by Gasteiger charge is 2.19. The number of ether oxygens (including phenoxy) is 3. The molecule has 0 bridgehead atoms. The molecule has 0 aliphatic carbocycles. The van der Waals surface area contributed by atoms with Crippen molar-refractivity contribution in [2.24, 2.45) is 0 Å². The third kappa shape index (κ3) is 54.6. The fraction of sp³-hybridized carbons (Fsp3) is 0.855. The smallest absolute Gasteiger partial charge is 0.306 e. The molecule has 6 nitrogen and oxygen atoms in total. The van der Waals surface area contributed by atoms with Crippen LogP contribution in [0.25, 0.3) is 0 Å². The van der Waals surface area contributed by atoms with Crippen LogP contribution in [0.3, 0.4) is 0 Å². The summed E-state index contributed by atoms with van der Waals surface area (Å²) in [6.07, 6.45) is 68.5. The lowest BCUT2D eigenvalue weighted by molar-refractivity contribution is -0.167. The second-order valence-corrected chi connectivity index (χ2v) is 20.3. The Morgan fingerprint density at radius 1 is 0.294 bits per heavy atom. The molecule has 0 saturated heterocycles. The van der Waals surface area contributed by atoms with E-state index in [1.54, 1.807) is 0 Å². The zero-order valence-corrected chi connectivity index (χ0v) is 45.6. The lowest BCUT2D eigenvalue weighted by Crippen LogP contribution is -2.30. The average molecular weight is 956 g/mol. The Kier molecular flexibility index (Phi) is 55.2. The van der Waals surface area contributed by atoms with E-state index < -0.39 is 6.10 Å². The second kappa shape index (κ2) is 57.2. The maximum atomic E-state index is 12.9. The predicted molar refractivity (Wildman–Crippen MR) is 293 cm³/mol. The number of carbonyl (C=O) groups excluding carboxylic acids is 3. The number of carbonyl (C=O) groups is 3. The van der Waals surface area contributed by atoms with Crippen LogP contribution in [0, 0.1) is 0 Å². The maximum absolute atomic E-state index is 12.9. The molecule has 0 aromatic heterocycles. The Morgan fingerprint density at radius 2 is 0.529 bits per heavy atom. The first-order valence-corrected chi connectivity index (χ1v) is 30.0. The molecule has 0 fully saturated rings. The predicted octanol–water partition coefficient (Wildman–Crippen LogP) is 20.0. The SMILES string of the molecule is CCCCC/C=C\C/C=C\CCCCCCCCCCCC(=O)OC[C@@H](COC(=O)CCCCCCC/C=C\CCCCC)OC(=O)CCCCCCCCCCCCCCCCCCCCC. The molecule has 0 spiro atoms. The van der Waals surface area contributed by atoms with Crippen molar-refractivity contribution < 1.29 is 28.6 Å². The summed E-state index contributed by atoms with van der Waals surface area (Å²) in [5.74, 6) is -0.867. The highest BCUT2D eigenvalue weighted by molar-refractivity contribution is 5.71. The minimum Gasteiger partial charge on any atom is -0.462 e. The highest BCUT2D eigenvalue weighted by Crippen LogP contribution is 2.17. The molecule has 0 aliphatic heterocycles. The lowest BCUT2D eigenvalue weighted by atomic mass is 10.0. The quantitative estimate of drug-likeness (QED) is 0.0262. The number of hydrogen-bond donors (Lipinski definition) is 0. The molecule has 6 heteroatoms. The molecule has 0 aromatic carbocycles. The van der Waals surface area contributed by atoms with Crippen LogP contribution in [0.2, 0.25) is 0 Å². The molecular formula is C62H114O6. The van der Waals surface area contributed by atoms with E-state index in [-0.39, 0.29) is 31.1 Å².